The Kier molecular flexibility index (Phi) is 6.39. The van der Waals surface area contributed by atoms with Crippen LogP contribution in [0.5, 0.6) is 0 Å². The van der Waals surface area contributed by atoms with Crippen molar-refractivity contribution in [2.75, 3.05) is 0 Å². The third-order valence-electron chi connectivity index (χ3n) is 4.11. The highest BCUT2D eigenvalue weighted by molar-refractivity contribution is 5.74. The first-order chi connectivity index (χ1) is 11.1. The summed E-state index contributed by atoms with van der Waals surface area (Å²) in [4.78, 5) is 22.4. The fraction of sp³-hybridized carbons (Fsp3) is 0.474. The molecule has 0 saturated heterocycles. The van der Waals surface area contributed by atoms with Crippen molar-refractivity contribution in [1.29, 1.82) is 0 Å². The smallest absolute Gasteiger partial charge is 0.311 e. The molecule has 2 aliphatic rings. The molecule has 0 aliphatic heterocycles. The van der Waals surface area contributed by atoms with Crippen molar-refractivity contribution in [3.63, 3.8) is 0 Å². The molecule has 23 heavy (non-hydrogen) atoms. The first-order valence-electron chi connectivity index (χ1n) is 8.30. The van der Waals surface area contributed by atoms with Crippen LogP contribution >= 0.6 is 0 Å². The zero-order valence-electron chi connectivity index (χ0n) is 13.6. The van der Waals surface area contributed by atoms with E-state index in [0.29, 0.717) is 12.2 Å². The Balaban J connectivity index is 1.58. The maximum absolute atomic E-state index is 12.0. The molecule has 2 rings (SSSR count). The van der Waals surface area contributed by atoms with Crippen molar-refractivity contribution >= 4 is 11.9 Å². The van der Waals surface area contributed by atoms with Gasteiger partial charge in [0.25, 0.3) is 0 Å². The quantitative estimate of drug-likeness (QED) is 0.482. The van der Waals surface area contributed by atoms with Crippen LogP contribution in [0.4, 0.5) is 0 Å². The molecule has 1 atom stereocenters. The molecule has 124 valence electrons. The van der Waals surface area contributed by atoms with Crippen LogP contribution in [0.2, 0.25) is 0 Å². The van der Waals surface area contributed by atoms with Gasteiger partial charge in [-0.3, -0.25) is 9.59 Å². The normalized spacial score (nSPS) is 16.5. The topological polar surface area (TPSA) is 63.6 Å². The van der Waals surface area contributed by atoms with E-state index in [1.54, 1.807) is 0 Å². The molecule has 1 unspecified atom stereocenters. The highest BCUT2D eigenvalue weighted by Crippen LogP contribution is 2.32. The van der Waals surface area contributed by atoms with Crippen molar-refractivity contribution < 1.29 is 19.4 Å². The Morgan fingerprint density at radius 3 is 2.70 bits per heavy atom. The van der Waals surface area contributed by atoms with Crippen LogP contribution in [0, 0.1) is 5.92 Å². The number of carboxylic acids is 1. The lowest BCUT2D eigenvalue weighted by Gasteiger charge is -2.12. The number of hydrogen-bond donors (Lipinski definition) is 1. The fourth-order valence-electron chi connectivity index (χ4n) is 2.82. The van der Waals surface area contributed by atoms with Gasteiger partial charge in [-0.1, -0.05) is 56.9 Å². The molecule has 1 N–H and O–H groups in total. The highest BCUT2D eigenvalue weighted by Gasteiger charge is 2.20. The van der Waals surface area contributed by atoms with E-state index in [1.165, 1.54) is 0 Å². The van der Waals surface area contributed by atoms with Gasteiger partial charge in [0, 0.05) is 18.4 Å². The maximum Gasteiger partial charge on any atom is 0.311 e. The minimum absolute atomic E-state index is 0.183. The molecule has 0 aromatic rings. The van der Waals surface area contributed by atoms with Crippen molar-refractivity contribution in [3.05, 3.63) is 47.3 Å². The number of ether oxygens (including phenoxy) is 1. The van der Waals surface area contributed by atoms with Gasteiger partial charge >= 0.3 is 11.9 Å². The second-order valence-corrected chi connectivity index (χ2v) is 6.22. The first kappa shape index (κ1) is 17.3. The van der Waals surface area contributed by atoms with Gasteiger partial charge in [0.05, 0.1) is 0 Å². The Morgan fingerprint density at radius 1 is 1.13 bits per heavy atom. The third kappa shape index (κ3) is 5.55. The Labute approximate surface area is 137 Å². The lowest BCUT2D eigenvalue weighted by atomic mass is 9.99. The van der Waals surface area contributed by atoms with E-state index in [0.717, 1.165) is 43.3 Å². The first-order valence-corrected chi connectivity index (χ1v) is 8.30. The van der Waals surface area contributed by atoms with Crippen LogP contribution in [0.25, 0.3) is 0 Å². The molecule has 0 spiro atoms. The van der Waals surface area contributed by atoms with Crippen molar-refractivity contribution in [2.45, 2.75) is 51.9 Å². The number of esters is 1. The fourth-order valence-corrected chi connectivity index (χ4v) is 2.82. The predicted octanol–water partition coefficient (Wildman–Crippen LogP) is 4.30. The lowest BCUT2D eigenvalue weighted by molar-refractivity contribution is -0.140. The Morgan fingerprint density at radius 2 is 1.91 bits per heavy atom. The molecular weight excluding hydrogens is 292 g/mol. The number of fused-ring (bicyclic) bond motifs is 1. The van der Waals surface area contributed by atoms with Crippen LogP contribution < -0.4 is 0 Å². The molecule has 2 aliphatic carbocycles. The van der Waals surface area contributed by atoms with Gasteiger partial charge in [0.15, 0.2) is 0 Å². The number of carbonyl (C=O) groups excluding carboxylic acids is 1. The SMILES string of the molecule is CC(CCCCCCC(=O)O)CC(=O)OC1=CC=C2C=CC=C21. The molecule has 0 aromatic carbocycles. The molecule has 0 saturated carbocycles. The van der Waals surface area contributed by atoms with Gasteiger partial charge in [-0.25, -0.2) is 0 Å². The second kappa shape index (κ2) is 8.51. The lowest BCUT2D eigenvalue weighted by Crippen LogP contribution is -2.10. The average molecular weight is 316 g/mol. The van der Waals surface area contributed by atoms with E-state index in [4.69, 9.17) is 9.84 Å². The second-order valence-electron chi connectivity index (χ2n) is 6.22. The van der Waals surface area contributed by atoms with E-state index in [2.05, 4.69) is 6.92 Å². The Bertz CT molecular complexity index is 578. The summed E-state index contributed by atoms with van der Waals surface area (Å²) in [5, 5.41) is 8.56. The standard InChI is InChI=1S/C19H24O4/c1-14(7-4-2-3-5-10-18(20)21)13-19(22)23-17-12-11-15-8-6-9-16(15)17/h6,8-9,11-12,14H,2-5,7,10,13H2,1H3,(H,20,21). The maximum atomic E-state index is 12.0. The van der Waals surface area contributed by atoms with Gasteiger partial charge in [-0.15, -0.1) is 0 Å². The molecule has 0 amide bonds. The van der Waals surface area contributed by atoms with Gasteiger partial charge in [0.1, 0.15) is 5.76 Å². The van der Waals surface area contributed by atoms with Crippen LogP contribution in [0.15, 0.2) is 47.3 Å². The number of rotatable bonds is 10. The molecule has 4 heteroatoms. The molecule has 0 heterocycles. The zero-order valence-corrected chi connectivity index (χ0v) is 13.6. The zero-order chi connectivity index (χ0) is 16.7. The van der Waals surface area contributed by atoms with Crippen molar-refractivity contribution in [3.8, 4) is 0 Å². The summed E-state index contributed by atoms with van der Waals surface area (Å²) in [5.41, 5.74) is 2.09. The molecule has 0 radical (unpaired) electrons. The predicted molar refractivity (Wildman–Crippen MR) is 88.6 cm³/mol. The van der Waals surface area contributed by atoms with Gasteiger partial charge in [-0.05, 0) is 24.0 Å². The van der Waals surface area contributed by atoms with E-state index in [-0.39, 0.29) is 18.3 Å². The van der Waals surface area contributed by atoms with E-state index < -0.39 is 5.97 Å². The summed E-state index contributed by atoms with van der Waals surface area (Å²) >= 11 is 0. The van der Waals surface area contributed by atoms with Crippen LogP contribution in [-0.2, 0) is 14.3 Å². The summed E-state index contributed by atoms with van der Waals surface area (Å²) in [6, 6.07) is 0. The number of allylic oxidation sites excluding steroid dienone is 6. The van der Waals surface area contributed by atoms with E-state index >= 15 is 0 Å². The number of carbonyl (C=O) groups is 2. The molecule has 0 aromatic heterocycles. The monoisotopic (exact) mass is 316 g/mol. The van der Waals surface area contributed by atoms with Crippen LogP contribution in [-0.4, -0.2) is 17.0 Å². The van der Waals surface area contributed by atoms with Crippen molar-refractivity contribution in [1.82, 2.24) is 0 Å². The van der Waals surface area contributed by atoms with Gasteiger partial charge in [-0.2, -0.15) is 0 Å². The minimum Gasteiger partial charge on any atom is -0.481 e. The Hall–Kier alpha value is -2.10. The minimum atomic E-state index is -0.729. The summed E-state index contributed by atoms with van der Waals surface area (Å²) in [6.45, 7) is 2.06. The number of unbranched alkanes of at least 4 members (excludes halogenated alkanes) is 3. The summed E-state index contributed by atoms with van der Waals surface area (Å²) < 4.78 is 5.46. The largest absolute Gasteiger partial charge is 0.481 e. The van der Waals surface area contributed by atoms with E-state index in [1.807, 2.05) is 30.4 Å². The molecular formula is C19H24O4. The summed E-state index contributed by atoms with van der Waals surface area (Å²) in [7, 11) is 0. The molecule has 4 nitrogen and oxygen atoms in total. The average Bonchev–Trinajstić information content (AvgIpc) is 3.07. The number of aliphatic carboxylic acids is 1. The van der Waals surface area contributed by atoms with E-state index in [9.17, 15) is 9.59 Å². The number of carboxylic acid groups (broad SMARTS) is 1. The summed E-state index contributed by atoms with van der Waals surface area (Å²) in [6.07, 6.45) is 15.1. The van der Waals surface area contributed by atoms with Gasteiger partial charge in [0.2, 0.25) is 0 Å². The van der Waals surface area contributed by atoms with Crippen LogP contribution in [0.3, 0.4) is 0 Å². The molecule has 0 bridgehead atoms. The van der Waals surface area contributed by atoms with Gasteiger partial charge < -0.3 is 9.84 Å². The molecule has 0 fully saturated rings. The van der Waals surface area contributed by atoms with Crippen molar-refractivity contribution in [2.24, 2.45) is 5.92 Å². The number of hydrogen-bond acceptors (Lipinski definition) is 3. The highest BCUT2D eigenvalue weighted by atomic mass is 16.5. The summed E-state index contributed by atoms with van der Waals surface area (Å²) in [5.74, 6) is 0.0209. The van der Waals surface area contributed by atoms with Crippen LogP contribution in [0.1, 0.15) is 51.9 Å². The third-order valence-corrected chi connectivity index (χ3v) is 4.11.